The Balaban J connectivity index is 0.00000180. The van der Waals surface area contributed by atoms with Crippen LogP contribution in [-0.2, 0) is 0 Å². The highest BCUT2D eigenvalue weighted by Gasteiger charge is 2.25. The van der Waals surface area contributed by atoms with Crippen molar-refractivity contribution < 1.29 is 9.72 Å². The van der Waals surface area contributed by atoms with Crippen LogP contribution in [0, 0.1) is 17.0 Å². The van der Waals surface area contributed by atoms with Gasteiger partial charge in [0.25, 0.3) is 11.6 Å². The molecule has 1 amide bonds. The number of non-ortho nitro benzene ring substituents is 1. The molecule has 1 saturated heterocycles. The van der Waals surface area contributed by atoms with Gasteiger partial charge in [-0.1, -0.05) is 0 Å². The summed E-state index contributed by atoms with van der Waals surface area (Å²) in [5.41, 5.74) is 6.75. The van der Waals surface area contributed by atoms with Crippen LogP contribution in [0.4, 0.5) is 5.69 Å². The van der Waals surface area contributed by atoms with Crippen LogP contribution in [-0.4, -0.2) is 34.9 Å². The van der Waals surface area contributed by atoms with E-state index in [0.717, 1.165) is 6.42 Å². The van der Waals surface area contributed by atoms with E-state index in [0.29, 0.717) is 24.2 Å². The Morgan fingerprint density at radius 1 is 1.47 bits per heavy atom. The Morgan fingerprint density at radius 3 is 2.68 bits per heavy atom. The predicted molar refractivity (Wildman–Crippen MR) is 73.6 cm³/mol. The van der Waals surface area contributed by atoms with Gasteiger partial charge in [-0.25, -0.2) is 0 Å². The molecular weight excluding hydrogens is 270 g/mol. The summed E-state index contributed by atoms with van der Waals surface area (Å²) < 4.78 is 0. The summed E-state index contributed by atoms with van der Waals surface area (Å²) in [4.78, 5) is 24.1. The number of carbonyl (C=O) groups is 1. The number of hydrogen-bond donors (Lipinski definition) is 1. The zero-order valence-corrected chi connectivity index (χ0v) is 11.4. The molecule has 1 heterocycles. The minimum Gasteiger partial charge on any atom is -0.337 e. The lowest BCUT2D eigenvalue weighted by atomic mass is 10.1. The molecule has 0 radical (unpaired) electrons. The third-order valence-electron chi connectivity index (χ3n) is 3.03. The number of rotatable bonds is 2. The van der Waals surface area contributed by atoms with Crippen LogP contribution < -0.4 is 5.73 Å². The van der Waals surface area contributed by atoms with E-state index in [1.165, 1.54) is 12.1 Å². The van der Waals surface area contributed by atoms with E-state index < -0.39 is 4.92 Å². The van der Waals surface area contributed by atoms with Crippen LogP contribution in [0.3, 0.4) is 0 Å². The standard InChI is InChI=1S/C12H15N3O3.ClH/c1-8-4-9(6-11(5-8)15(17)18)12(16)14-3-2-10(13)7-14;/h4-6,10H,2-3,7,13H2,1H3;1H/t10-;/m1./s1. The summed E-state index contributed by atoms with van der Waals surface area (Å²) in [5.74, 6) is -0.185. The number of carbonyl (C=O) groups excluding carboxylic acids is 1. The van der Waals surface area contributed by atoms with Gasteiger partial charge in [0.05, 0.1) is 4.92 Å². The summed E-state index contributed by atoms with van der Waals surface area (Å²) in [6.45, 7) is 2.86. The van der Waals surface area contributed by atoms with Crippen molar-refractivity contribution in [2.24, 2.45) is 5.73 Å². The summed E-state index contributed by atoms with van der Waals surface area (Å²) in [7, 11) is 0. The molecule has 0 spiro atoms. The molecule has 0 unspecified atom stereocenters. The van der Waals surface area contributed by atoms with Crippen molar-refractivity contribution in [2.75, 3.05) is 13.1 Å². The SMILES string of the molecule is Cc1cc(C(=O)N2CC[C@@H](N)C2)cc([N+](=O)[O-])c1.Cl. The van der Waals surface area contributed by atoms with Gasteiger partial charge in [0.2, 0.25) is 0 Å². The molecular formula is C12H16ClN3O3. The molecule has 2 N–H and O–H groups in total. The fraction of sp³-hybridized carbons (Fsp3) is 0.417. The Labute approximate surface area is 117 Å². The van der Waals surface area contributed by atoms with E-state index in [4.69, 9.17) is 5.73 Å². The van der Waals surface area contributed by atoms with Gasteiger partial charge in [-0.15, -0.1) is 12.4 Å². The molecule has 6 nitrogen and oxygen atoms in total. The third kappa shape index (κ3) is 3.42. The molecule has 1 fully saturated rings. The Morgan fingerprint density at radius 2 is 2.16 bits per heavy atom. The van der Waals surface area contributed by atoms with Gasteiger partial charge in [0, 0.05) is 36.8 Å². The molecule has 0 saturated carbocycles. The monoisotopic (exact) mass is 285 g/mol. The van der Waals surface area contributed by atoms with Crippen LogP contribution >= 0.6 is 12.4 Å². The van der Waals surface area contributed by atoms with E-state index in [-0.39, 0.29) is 30.0 Å². The van der Waals surface area contributed by atoms with Gasteiger partial charge in [-0.05, 0) is 25.0 Å². The molecule has 1 aromatic carbocycles. The summed E-state index contributed by atoms with van der Waals surface area (Å²) in [5, 5.41) is 10.8. The number of benzene rings is 1. The Bertz CT molecular complexity index is 507. The molecule has 2 rings (SSSR count). The Kier molecular flexibility index (Phi) is 4.85. The van der Waals surface area contributed by atoms with Crippen LogP contribution in [0.25, 0.3) is 0 Å². The molecule has 0 aliphatic carbocycles. The third-order valence-corrected chi connectivity index (χ3v) is 3.03. The smallest absolute Gasteiger partial charge is 0.270 e. The second kappa shape index (κ2) is 5.99. The lowest BCUT2D eigenvalue weighted by molar-refractivity contribution is -0.384. The van der Waals surface area contributed by atoms with Crippen LogP contribution in [0.1, 0.15) is 22.3 Å². The van der Waals surface area contributed by atoms with Crippen molar-refractivity contribution in [3.63, 3.8) is 0 Å². The highest BCUT2D eigenvalue weighted by atomic mass is 35.5. The highest BCUT2D eigenvalue weighted by molar-refractivity contribution is 5.95. The van der Waals surface area contributed by atoms with Crippen LogP contribution in [0.15, 0.2) is 18.2 Å². The first kappa shape index (κ1) is 15.4. The van der Waals surface area contributed by atoms with Gasteiger partial charge in [-0.2, -0.15) is 0 Å². The normalized spacial score (nSPS) is 18.0. The van der Waals surface area contributed by atoms with Gasteiger partial charge in [0.1, 0.15) is 0 Å². The summed E-state index contributed by atoms with van der Waals surface area (Å²) in [6, 6.07) is 4.44. The van der Waals surface area contributed by atoms with Gasteiger partial charge >= 0.3 is 0 Å². The van der Waals surface area contributed by atoms with Crippen LogP contribution in [0.5, 0.6) is 0 Å². The van der Waals surface area contributed by atoms with E-state index in [2.05, 4.69) is 0 Å². The molecule has 1 aromatic rings. The summed E-state index contributed by atoms with van der Waals surface area (Å²) in [6.07, 6.45) is 0.777. The highest BCUT2D eigenvalue weighted by Crippen LogP contribution is 2.19. The van der Waals surface area contributed by atoms with Crippen molar-refractivity contribution in [2.45, 2.75) is 19.4 Å². The van der Waals surface area contributed by atoms with Gasteiger partial charge < -0.3 is 10.6 Å². The van der Waals surface area contributed by atoms with Crippen molar-refractivity contribution in [1.82, 2.24) is 4.90 Å². The number of nitrogens with zero attached hydrogens (tertiary/aromatic N) is 2. The molecule has 19 heavy (non-hydrogen) atoms. The van der Waals surface area contributed by atoms with E-state index in [1.54, 1.807) is 17.9 Å². The van der Waals surface area contributed by atoms with Gasteiger partial charge in [0.15, 0.2) is 0 Å². The number of aryl methyl sites for hydroxylation is 1. The second-order valence-electron chi connectivity index (χ2n) is 4.61. The number of amides is 1. The fourth-order valence-electron chi connectivity index (χ4n) is 2.15. The number of nitrogens with two attached hydrogens (primary N) is 1. The Hall–Kier alpha value is -1.66. The number of halogens is 1. The molecule has 104 valence electrons. The van der Waals surface area contributed by atoms with Crippen molar-refractivity contribution >= 4 is 24.0 Å². The molecule has 0 bridgehead atoms. The first-order valence-electron chi connectivity index (χ1n) is 5.78. The zero-order valence-electron chi connectivity index (χ0n) is 10.5. The number of likely N-dealkylation sites (tertiary alicyclic amines) is 1. The molecule has 7 heteroatoms. The van der Waals surface area contributed by atoms with Crippen molar-refractivity contribution in [3.05, 3.63) is 39.4 Å². The van der Waals surface area contributed by atoms with E-state index >= 15 is 0 Å². The first-order chi connectivity index (χ1) is 8.47. The molecule has 1 aliphatic heterocycles. The van der Waals surface area contributed by atoms with Gasteiger partial charge in [-0.3, -0.25) is 14.9 Å². The number of hydrogen-bond acceptors (Lipinski definition) is 4. The largest absolute Gasteiger partial charge is 0.337 e. The maximum Gasteiger partial charge on any atom is 0.270 e. The van der Waals surface area contributed by atoms with Crippen molar-refractivity contribution in [1.29, 1.82) is 0 Å². The number of nitro groups is 1. The minimum atomic E-state index is -0.487. The van der Waals surface area contributed by atoms with Crippen molar-refractivity contribution in [3.8, 4) is 0 Å². The van der Waals surface area contributed by atoms with E-state index in [9.17, 15) is 14.9 Å². The summed E-state index contributed by atoms with van der Waals surface area (Å²) >= 11 is 0. The minimum absolute atomic E-state index is 0. The molecule has 1 atom stereocenters. The number of nitro benzene ring substituents is 1. The molecule has 1 aliphatic rings. The topological polar surface area (TPSA) is 89.5 Å². The zero-order chi connectivity index (χ0) is 13.3. The lowest BCUT2D eigenvalue weighted by Crippen LogP contribution is -2.31. The predicted octanol–water partition coefficient (Wildman–Crippen LogP) is 1.50. The lowest BCUT2D eigenvalue weighted by Gasteiger charge is -2.15. The second-order valence-corrected chi connectivity index (χ2v) is 4.61. The van der Waals surface area contributed by atoms with Crippen LogP contribution in [0.2, 0.25) is 0 Å². The fourth-order valence-corrected chi connectivity index (χ4v) is 2.15. The first-order valence-corrected chi connectivity index (χ1v) is 5.78. The average molecular weight is 286 g/mol. The average Bonchev–Trinajstić information content (AvgIpc) is 2.74. The maximum absolute atomic E-state index is 12.2. The van der Waals surface area contributed by atoms with E-state index in [1.807, 2.05) is 0 Å². The molecule has 0 aromatic heterocycles. The quantitative estimate of drug-likeness (QED) is 0.658. The maximum atomic E-state index is 12.2.